The Balaban J connectivity index is 1.53. The van der Waals surface area contributed by atoms with Gasteiger partial charge in [0.25, 0.3) is 0 Å². The summed E-state index contributed by atoms with van der Waals surface area (Å²) >= 11 is 6.02. The summed E-state index contributed by atoms with van der Waals surface area (Å²) in [7, 11) is 0. The molecule has 4 nitrogen and oxygen atoms in total. The minimum absolute atomic E-state index is 0.112. The van der Waals surface area contributed by atoms with Crippen molar-refractivity contribution in [3.8, 4) is 0 Å². The van der Waals surface area contributed by atoms with Gasteiger partial charge in [0, 0.05) is 36.1 Å². The van der Waals surface area contributed by atoms with E-state index in [0.29, 0.717) is 18.0 Å². The first-order valence-corrected chi connectivity index (χ1v) is 11.6. The lowest BCUT2D eigenvalue weighted by Crippen LogP contribution is -2.24. The molecule has 2 heterocycles. The Morgan fingerprint density at radius 3 is 2.53 bits per heavy atom. The number of benzene rings is 2. The molecule has 3 aromatic rings. The number of rotatable bonds is 9. The van der Waals surface area contributed by atoms with Gasteiger partial charge in [-0.25, -0.2) is 4.98 Å². The van der Waals surface area contributed by atoms with Crippen molar-refractivity contribution in [2.24, 2.45) is 0 Å². The molecule has 0 saturated carbocycles. The van der Waals surface area contributed by atoms with Crippen LogP contribution >= 0.6 is 11.6 Å². The fourth-order valence-electron chi connectivity index (χ4n) is 4.44. The van der Waals surface area contributed by atoms with Gasteiger partial charge in [0.2, 0.25) is 5.91 Å². The van der Waals surface area contributed by atoms with Crippen LogP contribution < -0.4 is 4.90 Å². The van der Waals surface area contributed by atoms with Gasteiger partial charge in [-0.15, -0.1) is 0 Å². The van der Waals surface area contributed by atoms with E-state index < -0.39 is 0 Å². The number of hydrogen-bond acceptors (Lipinski definition) is 2. The number of nitrogens with zero attached hydrogens (tertiary/aromatic N) is 3. The van der Waals surface area contributed by atoms with E-state index >= 15 is 0 Å². The number of amides is 1. The van der Waals surface area contributed by atoms with E-state index in [1.165, 1.54) is 37.6 Å². The Hall–Kier alpha value is -2.33. The molecule has 0 N–H and O–H groups in total. The second kappa shape index (κ2) is 9.65. The van der Waals surface area contributed by atoms with Crippen molar-refractivity contribution < 1.29 is 4.79 Å². The van der Waals surface area contributed by atoms with Gasteiger partial charge in [0.1, 0.15) is 5.82 Å². The molecule has 1 saturated heterocycles. The van der Waals surface area contributed by atoms with Crippen molar-refractivity contribution in [2.75, 3.05) is 11.4 Å². The number of fused-ring (bicyclic) bond motifs is 1. The van der Waals surface area contributed by atoms with E-state index in [4.69, 9.17) is 16.6 Å². The molecule has 1 atom stereocenters. The number of aromatic nitrogens is 2. The summed E-state index contributed by atoms with van der Waals surface area (Å²) in [5.41, 5.74) is 3.11. The van der Waals surface area contributed by atoms with Crippen LogP contribution in [0, 0.1) is 0 Å². The molecule has 1 aliphatic rings. The van der Waals surface area contributed by atoms with Crippen molar-refractivity contribution >= 4 is 34.2 Å². The Labute approximate surface area is 183 Å². The van der Waals surface area contributed by atoms with Gasteiger partial charge in [-0.05, 0) is 42.8 Å². The monoisotopic (exact) mass is 423 g/mol. The molecule has 1 unspecified atom stereocenters. The molecule has 1 fully saturated rings. The van der Waals surface area contributed by atoms with Crippen LogP contribution in [0.4, 0.5) is 5.69 Å². The van der Waals surface area contributed by atoms with E-state index in [0.717, 1.165) is 30.0 Å². The maximum atomic E-state index is 12.8. The first-order valence-electron chi connectivity index (χ1n) is 11.2. The van der Waals surface area contributed by atoms with Crippen LogP contribution in [0.2, 0.25) is 5.02 Å². The van der Waals surface area contributed by atoms with Gasteiger partial charge in [0.05, 0.1) is 11.0 Å². The fraction of sp³-hybridized carbons (Fsp3) is 0.440. The second-order valence-electron chi connectivity index (χ2n) is 8.26. The van der Waals surface area contributed by atoms with Gasteiger partial charge >= 0.3 is 0 Å². The van der Waals surface area contributed by atoms with Gasteiger partial charge in [0.15, 0.2) is 0 Å². The summed E-state index contributed by atoms with van der Waals surface area (Å²) in [6, 6.07) is 15.8. The van der Waals surface area contributed by atoms with E-state index in [-0.39, 0.29) is 11.8 Å². The van der Waals surface area contributed by atoms with E-state index in [9.17, 15) is 4.79 Å². The summed E-state index contributed by atoms with van der Waals surface area (Å²) in [5, 5.41) is 0.683. The molecule has 0 bridgehead atoms. The number of hydrogen-bond donors (Lipinski definition) is 0. The first-order chi connectivity index (χ1) is 14.7. The Morgan fingerprint density at radius 1 is 1.00 bits per heavy atom. The zero-order chi connectivity index (χ0) is 20.9. The van der Waals surface area contributed by atoms with E-state index in [1.807, 2.05) is 35.2 Å². The number of carbonyl (C=O) groups excluding carboxylic acids is 1. The van der Waals surface area contributed by atoms with E-state index in [1.54, 1.807) is 0 Å². The van der Waals surface area contributed by atoms with E-state index in [2.05, 4.69) is 29.7 Å². The third-order valence-electron chi connectivity index (χ3n) is 6.05. The van der Waals surface area contributed by atoms with Crippen LogP contribution in [0.25, 0.3) is 11.0 Å². The molecule has 1 aromatic heterocycles. The molecule has 4 rings (SSSR count). The highest BCUT2D eigenvalue weighted by Gasteiger charge is 2.34. The summed E-state index contributed by atoms with van der Waals surface area (Å²) in [6.07, 6.45) is 8.11. The highest BCUT2D eigenvalue weighted by molar-refractivity contribution is 6.30. The minimum Gasteiger partial charge on any atom is -0.328 e. The number of para-hydroxylation sites is 2. The predicted octanol–water partition coefficient (Wildman–Crippen LogP) is 6.57. The van der Waals surface area contributed by atoms with Crippen LogP contribution in [-0.4, -0.2) is 22.0 Å². The van der Waals surface area contributed by atoms with Crippen molar-refractivity contribution in [1.82, 2.24) is 9.55 Å². The number of aryl methyl sites for hydroxylation is 1. The lowest BCUT2D eigenvalue weighted by atomic mass is 10.1. The topological polar surface area (TPSA) is 38.1 Å². The standard InChI is InChI=1S/C25H30ClN3O/c1-2-3-4-5-6-9-16-28-23-11-8-7-10-22(23)27-25(28)19-17-24(30)29(18-19)21-14-12-20(26)13-15-21/h7-8,10-15,19H,2-6,9,16-18H2,1H3. The minimum atomic E-state index is 0.112. The molecule has 1 amide bonds. The van der Waals surface area contributed by atoms with Crippen LogP contribution in [-0.2, 0) is 11.3 Å². The summed E-state index contributed by atoms with van der Waals surface area (Å²) in [6.45, 7) is 3.88. The van der Waals surface area contributed by atoms with Crippen LogP contribution in [0.3, 0.4) is 0 Å². The normalized spacial score (nSPS) is 16.7. The van der Waals surface area contributed by atoms with Gasteiger partial charge in [-0.3, -0.25) is 4.79 Å². The molecule has 0 aliphatic carbocycles. The molecule has 158 valence electrons. The summed E-state index contributed by atoms with van der Waals surface area (Å²) in [5.74, 6) is 1.32. The number of unbranched alkanes of at least 4 members (excludes halogenated alkanes) is 5. The molecule has 0 radical (unpaired) electrons. The highest BCUT2D eigenvalue weighted by Crippen LogP contribution is 2.33. The molecular weight excluding hydrogens is 394 g/mol. The SMILES string of the molecule is CCCCCCCCn1c(C2CC(=O)N(c3ccc(Cl)cc3)C2)nc2ccccc21. The predicted molar refractivity (Wildman–Crippen MR) is 124 cm³/mol. The molecular formula is C25H30ClN3O. The highest BCUT2D eigenvalue weighted by atomic mass is 35.5. The van der Waals surface area contributed by atoms with Crippen molar-refractivity contribution in [1.29, 1.82) is 0 Å². The average Bonchev–Trinajstić information content (AvgIpc) is 3.32. The van der Waals surface area contributed by atoms with Crippen LogP contribution in [0.15, 0.2) is 48.5 Å². The van der Waals surface area contributed by atoms with Crippen molar-refractivity contribution in [3.05, 3.63) is 59.4 Å². The zero-order valence-corrected chi connectivity index (χ0v) is 18.4. The average molecular weight is 424 g/mol. The van der Waals surface area contributed by atoms with Crippen molar-refractivity contribution in [3.63, 3.8) is 0 Å². The number of carbonyl (C=O) groups is 1. The van der Waals surface area contributed by atoms with Gasteiger partial charge < -0.3 is 9.47 Å². The van der Waals surface area contributed by atoms with Gasteiger partial charge in [-0.2, -0.15) is 0 Å². The molecule has 0 spiro atoms. The Kier molecular flexibility index (Phi) is 6.73. The quantitative estimate of drug-likeness (QED) is 0.365. The Morgan fingerprint density at radius 2 is 1.73 bits per heavy atom. The molecule has 5 heteroatoms. The second-order valence-corrected chi connectivity index (χ2v) is 8.70. The molecule has 30 heavy (non-hydrogen) atoms. The third-order valence-corrected chi connectivity index (χ3v) is 6.30. The maximum Gasteiger partial charge on any atom is 0.227 e. The third kappa shape index (κ3) is 4.54. The smallest absolute Gasteiger partial charge is 0.227 e. The number of anilines is 1. The lowest BCUT2D eigenvalue weighted by molar-refractivity contribution is -0.117. The summed E-state index contributed by atoms with van der Waals surface area (Å²) < 4.78 is 2.36. The Bertz CT molecular complexity index is 995. The van der Waals surface area contributed by atoms with Crippen LogP contribution in [0.5, 0.6) is 0 Å². The first kappa shape index (κ1) is 20.9. The molecule has 1 aliphatic heterocycles. The number of halogens is 1. The van der Waals surface area contributed by atoms with Crippen LogP contribution in [0.1, 0.15) is 63.6 Å². The fourth-order valence-corrected chi connectivity index (χ4v) is 4.57. The summed E-state index contributed by atoms with van der Waals surface area (Å²) in [4.78, 5) is 19.6. The lowest BCUT2D eigenvalue weighted by Gasteiger charge is -2.17. The van der Waals surface area contributed by atoms with Gasteiger partial charge in [-0.1, -0.05) is 62.8 Å². The van der Waals surface area contributed by atoms with Crippen molar-refractivity contribution in [2.45, 2.75) is 64.3 Å². The molecule has 2 aromatic carbocycles. The number of imidazole rings is 1. The maximum absolute atomic E-state index is 12.8. The zero-order valence-electron chi connectivity index (χ0n) is 17.7. The largest absolute Gasteiger partial charge is 0.328 e.